The molecule has 0 aliphatic carbocycles. The lowest BCUT2D eigenvalue weighted by atomic mass is 10.2. The summed E-state index contributed by atoms with van der Waals surface area (Å²) in [5, 5.41) is 3.22. The summed E-state index contributed by atoms with van der Waals surface area (Å²) >= 11 is 0. The van der Waals surface area contributed by atoms with Crippen LogP contribution in [-0.4, -0.2) is 11.5 Å². The van der Waals surface area contributed by atoms with E-state index < -0.39 is 0 Å². The van der Waals surface area contributed by atoms with Crippen molar-refractivity contribution >= 4 is 5.69 Å². The zero-order valence-electron chi connectivity index (χ0n) is 8.82. The SMILES string of the molecule is C#C.C=CCNc1cccnc1CC=C. The standard InChI is InChI=1S/C11H14N2.C2H2/c1-3-6-10-11(12-8-4-2)7-5-9-13-10;1-2/h3-5,7,9,12H,1-2,6,8H2;1-2H. The second-order valence-corrected chi connectivity index (χ2v) is 2.66. The summed E-state index contributed by atoms with van der Waals surface area (Å²) < 4.78 is 0. The molecular formula is C13H16N2. The number of nitrogens with one attached hydrogen (secondary N) is 1. The largest absolute Gasteiger partial charge is 0.380 e. The summed E-state index contributed by atoms with van der Waals surface area (Å²) in [6.07, 6.45) is 14.3. The topological polar surface area (TPSA) is 24.9 Å². The van der Waals surface area contributed by atoms with Gasteiger partial charge in [-0.2, -0.15) is 0 Å². The van der Waals surface area contributed by atoms with Gasteiger partial charge in [-0.15, -0.1) is 26.0 Å². The van der Waals surface area contributed by atoms with E-state index >= 15 is 0 Å². The van der Waals surface area contributed by atoms with Crippen molar-refractivity contribution in [3.05, 3.63) is 49.3 Å². The molecule has 2 heteroatoms. The highest BCUT2D eigenvalue weighted by Gasteiger charge is 1.98. The van der Waals surface area contributed by atoms with Crippen molar-refractivity contribution < 1.29 is 0 Å². The number of allylic oxidation sites excluding steroid dienone is 1. The molecule has 0 fully saturated rings. The minimum atomic E-state index is 0.760. The molecule has 0 spiro atoms. The Morgan fingerprint density at radius 2 is 2.07 bits per heavy atom. The second kappa shape index (κ2) is 8.58. The summed E-state index contributed by atoms with van der Waals surface area (Å²) in [4.78, 5) is 4.25. The van der Waals surface area contributed by atoms with Crippen molar-refractivity contribution in [1.29, 1.82) is 0 Å². The highest BCUT2D eigenvalue weighted by Crippen LogP contribution is 2.12. The van der Waals surface area contributed by atoms with Crippen LogP contribution < -0.4 is 5.32 Å². The molecule has 15 heavy (non-hydrogen) atoms. The summed E-state index contributed by atoms with van der Waals surface area (Å²) in [7, 11) is 0. The van der Waals surface area contributed by atoms with Crippen LogP contribution in [0.25, 0.3) is 0 Å². The van der Waals surface area contributed by atoms with Gasteiger partial charge in [-0.1, -0.05) is 12.2 Å². The number of terminal acetylenes is 1. The predicted molar refractivity (Wildman–Crippen MR) is 66.7 cm³/mol. The zero-order valence-corrected chi connectivity index (χ0v) is 8.82. The molecular weight excluding hydrogens is 184 g/mol. The van der Waals surface area contributed by atoms with Crippen LogP contribution in [0.2, 0.25) is 0 Å². The monoisotopic (exact) mass is 200 g/mol. The maximum Gasteiger partial charge on any atom is 0.0672 e. The molecule has 0 saturated carbocycles. The smallest absolute Gasteiger partial charge is 0.0672 e. The Kier molecular flexibility index (Phi) is 7.43. The van der Waals surface area contributed by atoms with E-state index in [0.29, 0.717) is 0 Å². The first kappa shape index (κ1) is 13.0. The Balaban J connectivity index is 0.000000921. The molecule has 0 aliphatic heterocycles. The van der Waals surface area contributed by atoms with E-state index in [4.69, 9.17) is 0 Å². The highest BCUT2D eigenvalue weighted by molar-refractivity contribution is 5.48. The third-order valence-electron chi connectivity index (χ3n) is 1.66. The number of hydrogen-bond acceptors (Lipinski definition) is 2. The van der Waals surface area contributed by atoms with Gasteiger partial charge in [0.1, 0.15) is 0 Å². The van der Waals surface area contributed by atoms with Gasteiger partial charge >= 0.3 is 0 Å². The van der Waals surface area contributed by atoms with Gasteiger partial charge in [0.05, 0.1) is 11.4 Å². The molecule has 1 N–H and O–H groups in total. The second-order valence-electron chi connectivity index (χ2n) is 2.66. The first-order valence-electron chi connectivity index (χ1n) is 4.61. The van der Waals surface area contributed by atoms with Crippen LogP contribution in [0.4, 0.5) is 5.69 Å². The minimum Gasteiger partial charge on any atom is -0.380 e. The van der Waals surface area contributed by atoms with Gasteiger partial charge in [0.15, 0.2) is 0 Å². The summed E-state index contributed by atoms with van der Waals surface area (Å²) in [6.45, 7) is 8.10. The van der Waals surface area contributed by atoms with E-state index in [1.807, 2.05) is 24.3 Å². The van der Waals surface area contributed by atoms with E-state index in [2.05, 4.69) is 36.3 Å². The molecule has 1 aromatic rings. The predicted octanol–water partition coefficient (Wildman–Crippen LogP) is 2.66. The first-order chi connectivity index (χ1) is 7.38. The highest BCUT2D eigenvalue weighted by atomic mass is 14.9. The summed E-state index contributed by atoms with van der Waals surface area (Å²) in [5.74, 6) is 0. The number of hydrogen-bond donors (Lipinski definition) is 1. The molecule has 0 atom stereocenters. The maximum absolute atomic E-state index is 4.25. The number of pyridine rings is 1. The summed E-state index contributed by atoms with van der Waals surface area (Å²) in [6, 6.07) is 3.92. The fourth-order valence-electron chi connectivity index (χ4n) is 1.08. The van der Waals surface area contributed by atoms with Crippen LogP contribution in [0.1, 0.15) is 5.69 Å². The Bertz CT molecular complexity index is 326. The van der Waals surface area contributed by atoms with Gasteiger partial charge in [0.25, 0.3) is 0 Å². The molecule has 1 aromatic heterocycles. The van der Waals surface area contributed by atoms with Gasteiger partial charge in [-0.05, 0) is 12.1 Å². The van der Waals surface area contributed by atoms with E-state index in [1.165, 1.54) is 0 Å². The lowest BCUT2D eigenvalue weighted by molar-refractivity contribution is 1.10. The lowest BCUT2D eigenvalue weighted by Gasteiger charge is -2.07. The molecule has 78 valence electrons. The third kappa shape index (κ3) is 4.68. The number of rotatable bonds is 5. The zero-order chi connectivity index (χ0) is 11.5. The van der Waals surface area contributed by atoms with Crippen LogP contribution >= 0.6 is 0 Å². The van der Waals surface area contributed by atoms with Gasteiger partial charge in [-0.25, -0.2) is 0 Å². The molecule has 0 bridgehead atoms. The Hall–Kier alpha value is -2.01. The quantitative estimate of drug-likeness (QED) is 0.584. The Morgan fingerprint density at radius 1 is 1.33 bits per heavy atom. The van der Waals surface area contributed by atoms with Crippen LogP contribution in [0.15, 0.2) is 43.6 Å². The molecule has 0 aliphatic rings. The van der Waals surface area contributed by atoms with E-state index in [-0.39, 0.29) is 0 Å². The molecule has 1 rings (SSSR count). The van der Waals surface area contributed by atoms with Gasteiger partial charge in [-0.3, -0.25) is 4.98 Å². The van der Waals surface area contributed by atoms with Crippen LogP contribution in [0.3, 0.4) is 0 Å². The average molecular weight is 200 g/mol. The lowest BCUT2D eigenvalue weighted by Crippen LogP contribution is -2.02. The number of nitrogens with zero attached hydrogens (tertiary/aromatic N) is 1. The minimum absolute atomic E-state index is 0.760. The molecule has 0 amide bonds. The first-order valence-corrected chi connectivity index (χ1v) is 4.61. The molecule has 2 nitrogen and oxygen atoms in total. The average Bonchev–Trinajstić information content (AvgIpc) is 2.31. The molecule has 0 aromatic carbocycles. The fourth-order valence-corrected chi connectivity index (χ4v) is 1.08. The Labute approximate surface area is 91.7 Å². The van der Waals surface area contributed by atoms with Gasteiger partial charge in [0, 0.05) is 19.2 Å². The van der Waals surface area contributed by atoms with Crippen LogP contribution in [0, 0.1) is 12.8 Å². The number of aromatic nitrogens is 1. The molecule has 0 radical (unpaired) electrons. The molecule has 0 saturated heterocycles. The Morgan fingerprint density at radius 3 is 2.67 bits per heavy atom. The van der Waals surface area contributed by atoms with Crippen LogP contribution in [-0.2, 0) is 6.42 Å². The maximum atomic E-state index is 4.25. The normalized spacial score (nSPS) is 8.13. The van der Waals surface area contributed by atoms with E-state index in [0.717, 1.165) is 24.3 Å². The fraction of sp³-hybridized carbons (Fsp3) is 0.154. The van der Waals surface area contributed by atoms with Gasteiger partial charge in [0.2, 0.25) is 0 Å². The number of anilines is 1. The van der Waals surface area contributed by atoms with Crippen molar-refractivity contribution in [3.8, 4) is 12.8 Å². The van der Waals surface area contributed by atoms with Gasteiger partial charge < -0.3 is 5.32 Å². The van der Waals surface area contributed by atoms with Crippen molar-refractivity contribution in [2.24, 2.45) is 0 Å². The molecule has 0 unspecified atom stereocenters. The third-order valence-corrected chi connectivity index (χ3v) is 1.66. The van der Waals surface area contributed by atoms with Crippen molar-refractivity contribution in [1.82, 2.24) is 4.98 Å². The van der Waals surface area contributed by atoms with Crippen molar-refractivity contribution in [2.45, 2.75) is 6.42 Å². The summed E-state index contributed by atoms with van der Waals surface area (Å²) in [5.41, 5.74) is 2.08. The van der Waals surface area contributed by atoms with E-state index in [1.54, 1.807) is 6.20 Å². The van der Waals surface area contributed by atoms with E-state index in [9.17, 15) is 0 Å². The van der Waals surface area contributed by atoms with Crippen LogP contribution in [0.5, 0.6) is 0 Å². The van der Waals surface area contributed by atoms with Crippen molar-refractivity contribution in [2.75, 3.05) is 11.9 Å². The molecule has 1 heterocycles. The van der Waals surface area contributed by atoms with Crippen molar-refractivity contribution in [3.63, 3.8) is 0 Å².